The lowest BCUT2D eigenvalue weighted by atomic mass is 9.95. The summed E-state index contributed by atoms with van der Waals surface area (Å²) in [6, 6.07) is 1.42. The Hall–Kier alpha value is -0.0800. The van der Waals surface area contributed by atoms with E-state index in [1.165, 1.54) is 25.9 Å². The maximum Gasteiger partial charge on any atom is 0.0166 e. The van der Waals surface area contributed by atoms with Gasteiger partial charge < -0.3 is 5.32 Å². The van der Waals surface area contributed by atoms with Crippen molar-refractivity contribution in [2.45, 2.75) is 52.6 Å². The second-order valence-electron chi connectivity index (χ2n) is 4.94. The summed E-state index contributed by atoms with van der Waals surface area (Å²) in [6.45, 7) is 12.8. The first-order valence-electron chi connectivity index (χ1n) is 6.11. The van der Waals surface area contributed by atoms with Gasteiger partial charge in [0.25, 0.3) is 0 Å². The largest absolute Gasteiger partial charge is 0.313 e. The van der Waals surface area contributed by atoms with Gasteiger partial charge in [-0.3, -0.25) is 4.90 Å². The molecule has 1 N–H and O–H groups in total. The number of likely N-dealkylation sites (N-methyl/N-ethyl adjacent to an activating group) is 1. The second kappa shape index (κ2) is 5.72. The van der Waals surface area contributed by atoms with Crippen molar-refractivity contribution in [2.24, 2.45) is 5.92 Å². The van der Waals surface area contributed by atoms with Crippen molar-refractivity contribution in [3.8, 4) is 0 Å². The van der Waals surface area contributed by atoms with E-state index in [1.54, 1.807) is 0 Å². The fourth-order valence-electron chi connectivity index (χ4n) is 2.40. The third-order valence-electron chi connectivity index (χ3n) is 3.31. The Morgan fingerprint density at radius 2 is 2.07 bits per heavy atom. The standard InChI is InChI=1S/C12H26N2/c1-5-13-11(3)9-14-8-10(2)6-7-12(14)4/h10-13H,5-9H2,1-4H3. The highest BCUT2D eigenvalue weighted by Gasteiger charge is 2.23. The molecule has 0 radical (unpaired) electrons. The lowest BCUT2D eigenvalue weighted by molar-refractivity contribution is 0.115. The Morgan fingerprint density at radius 1 is 1.36 bits per heavy atom. The van der Waals surface area contributed by atoms with E-state index in [-0.39, 0.29) is 0 Å². The van der Waals surface area contributed by atoms with E-state index in [1.807, 2.05) is 0 Å². The highest BCUT2D eigenvalue weighted by molar-refractivity contribution is 4.79. The normalized spacial score (nSPS) is 31.7. The third kappa shape index (κ3) is 3.58. The molecule has 0 aliphatic carbocycles. The number of piperidine rings is 1. The third-order valence-corrected chi connectivity index (χ3v) is 3.31. The monoisotopic (exact) mass is 198 g/mol. The molecule has 3 unspecified atom stereocenters. The van der Waals surface area contributed by atoms with E-state index in [4.69, 9.17) is 0 Å². The number of rotatable bonds is 4. The summed E-state index contributed by atoms with van der Waals surface area (Å²) < 4.78 is 0. The van der Waals surface area contributed by atoms with E-state index in [0.717, 1.165) is 18.5 Å². The van der Waals surface area contributed by atoms with Crippen LogP contribution in [0.2, 0.25) is 0 Å². The van der Waals surface area contributed by atoms with Crippen LogP contribution < -0.4 is 5.32 Å². The van der Waals surface area contributed by atoms with Gasteiger partial charge in [-0.05, 0) is 39.2 Å². The molecule has 14 heavy (non-hydrogen) atoms. The number of hydrogen-bond donors (Lipinski definition) is 1. The molecular formula is C12H26N2. The van der Waals surface area contributed by atoms with Gasteiger partial charge in [0.2, 0.25) is 0 Å². The molecule has 0 bridgehead atoms. The Balaban J connectivity index is 2.33. The molecule has 1 heterocycles. The van der Waals surface area contributed by atoms with Gasteiger partial charge in [-0.2, -0.15) is 0 Å². The van der Waals surface area contributed by atoms with Crippen LogP contribution in [0.3, 0.4) is 0 Å². The molecule has 2 nitrogen and oxygen atoms in total. The molecule has 0 aromatic heterocycles. The maximum absolute atomic E-state index is 3.49. The molecule has 1 rings (SSSR count). The molecule has 1 aliphatic rings. The minimum Gasteiger partial charge on any atom is -0.313 e. The van der Waals surface area contributed by atoms with Crippen molar-refractivity contribution in [2.75, 3.05) is 19.6 Å². The van der Waals surface area contributed by atoms with Crippen LogP contribution in [0.1, 0.15) is 40.5 Å². The van der Waals surface area contributed by atoms with Crippen LogP contribution in [0, 0.1) is 5.92 Å². The highest BCUT2D eigenvalue weighted by Crippen LogP contribution is 2.21. The summed E-state index contributed by atoms with van der Waals surface area (Å²) in [7, 11) is 0. The van der Waals surface area contributed by atoms with Crippen molar-refractivity contribution in [3.05, 3.63) is 0 Å². The second-order valence-corrected chi connectivity index (χ2v) is 4.94. The molecule has 0 aromatic carbocycles. The van der Waals surface area contributed by atoms with Crippen molar-refractivity contribution < 1.29 is 0 Å². The topological polar surface area (TPSA) is 15.3 Å². The number of nitrogens with zero attached hydrogens (tertiary/aromatic N) is 1. The number of hydrogen-bond acceptors (Lipinski definition) is 2. The van der Waals surface area contributed by atoms with Crippen molar-refractivity contribution in [1.82, 2.24) is 10.2 Å². The predicted molar refractivity (Wildman–Crippen MR) is 62.6 cm³/mol. The summed E-state index contributed by atoms with van der Waals surface area (Å²) in [6.07, 6.45) is 2.78. The van der Waals surface area contributed by atoms with Gasteiger partial charge in [0, 0.05) is 25.2 Å². The van der Waals surface area contributed by atoms with Gasteiger partial charge in [-0.15, -0.1) is 0 Å². The Kier molecular flexibility index (Phi) is 4.90. The fourth-order valence-corrected chi connectivity index (χ4v) is 2.40. The van der Waals surface area contributed by atoms with Crippen LogP contribution in [0.15, 0.2) is 0 Å². The molecule has 84 valence electrons. The predicted octanol–water partition coefficient (Wildman–Crippen LogP) is 2.10. The molecule has 1 saturated heterocycles. The van der Waals surface area contributed by atoms with Gasteiger partial charge in [-0.25, -0.2) is 0 Å². The summed E-state index contributed by atoms with van der Waals surface area (Å²) in [5.74, 6) is 0.889. The first kappa shape index (κ1) is 12.0. The zero-order chi connectivity index (χ0) is 10.6. The lowest BCUT2D eigenvalue weighted by Crippen LogP contribution is -2.47. The molecule has 0 saturated carbocycles. The maximum atomic E-state index is 3.49. The van der Waals surface area contributed by atoms with Crippen LogP contribution in [0.4, 0.5) is 0 Å². The van der Waals surface area contributed by atoms with E-state index < -0.39 is 0 Å². The summed E-state index contributed by atoms with van der Waals surface area (Å²) in [5.41, 5.74) is 0. The zero-order valence-electron chi connectivity index (χ0n) is 10.2. The number of likely N-dealkylation sites (tertiary alicyclic amines) is 1. The number of nitrogens with one attached hydrogen (secondary N) is 1. The molecule has 3 atom stereocenters. The molecule has 2 heteroatoms. The van der Waals surface area contributed by atoms with Crippen LogP contribution in [0.25, 0.3) is 0 Å². The van der Waals surface area contributed by atoms with Gasteiger partial charge in [-0.1, -0.05) is 13.8 Å². The fraction of sp³-hybridized carbons (Fsp3) is 1.00. The van der Waals surface area contributed by atoms with Crippen LogP contribution >= 0.6 is 0 Å². The van der Waals surface area contributed by atoms with Gasteiger partial charge in [0.05, 0.1) is 0 Å². The highest BCUT2D eigenvalue weighted by atomic mass is 15.2. The average Bonchev–Trinajstić information content (AvgIpc) is 2.12. The van der Waals surface area contributed by atoms with E-state index in [0.29, 0.717) is 6.04 Å². The molecule has 0 amide bonds. The molecular weight excluding hydrogens is 172 g/mol. The smallest absolute Gasteiger partial charge is 0.0166 e. The lowest BCUT2D eigenvalue weighted by Gasteiger charge is -2.38. The van der Waals surface area contributed by atoms with E-state index in [9.17, 15) is 0 Å². The Bertz CT molecular complexity index is 158. The van der Waals surface area contributed by atoms with Crippen LogP contribution in [-0.2, 0) is 0 Å². The van der Waals surface area contributed by atoms with Crippen molar-refractivity contribution in [3.63, 3.8) is 0 Å². The Labute approximate surface area is 89.1 Å². The minimum atomic E-state index is 0.632. The minimum absolute atomic E-state index is 0.632. The molecule has 1 fully saturated rings. The van der Waals surface area contributed by atoms with Crippen LogP contribution in [0.5, 0.6) is 0 Å². The summed E-state index contributed by atoms with van der Waals surface area (Å²) in [5, 5.41) is 3.49. The molecule has 1 aliphatic heterocycles. The van der Waals surface area contributed by atoms with E-state index >= 15 is 0 Å². The van der Waals surface area contributed by atoms with Crippen molar-refractivity contribution in [1.29, 1.82) is 0 Å². The van der Waals surface area contributed by atoms with E-state index in [2.05, 4.69) is 37.9 Å². The Morgan fingerprint density at radius 3 is 2.71 bits per heavy atom. The van der Waals surface area contributed by atoms with Crippen LogP contribution in [-0.4, -0.2) is 36.6 Å². The van der Waals surface area contributed by atoms with Gasteiger partial charge in [0.1, 0.15) is 0 Å². The zero-order valence-corrected chi connectivity index (χ0v) is 10.2. The first-order valence-corrected chi connectivity index (χ1v) is 6.11. The average molecular weight is 198 g/mol. The van der Waals surface area contributed by atoms with Gasteiger partial charge in [0.15, 0.2) is 0 Å². The summed E-state index contributed by atoms with van der Waals surface area (Å²) >= 11 is 0. The molecule has 0 spiro atoms. The first-order chi connectivity index (χ1) is 6.63. The van der Waals surface area contributed by atoms with Crippen molar-refractivity contribution >= 4 is 0 Å². The molecule has 0 aromatic rings. The van der Waals surface area contributed by atoms with Gasteiger partial charge >= 0.3 is 0 Å². The SMILES string of the molecule is CCNC(C)CN1CC(C)CCC1C. The summed E-state index contributed by atoms with van der Waals surface area (Å²) in [4.78, 5) is 2.64. The quantitative estimate of drug-likeness (QED) is 0.744.